The van der Waals surface area contributed by atoms with Gasteiger partial charge in [0.2, 0.25) is 15.8 Å². The number of hydrogen-bond donors (Lipinski definition) is 0. The number of benzene rings is 2. The van der Waals surface area contributed by atoms with Crippen molar-refractivity contribution in [1.82, 2.24) is 13.9 Å². The maximum Gasteiger partial charge on any atom is 0.449 e. The first-order chi connectivity index (χ1) is 13.8. The van der Waals surface area contributed by atoms with Crippen LogP contribution < -0.4 is 0 Å². The highest BCUT2D eigenvalue weighted by atomic mass is 32.2. The first-order valence-electron chi connectivity index (χ1n) is 9.34. The quantitative estimate of drug-likeness (QED) is 0.633. The lowest BCUT2D eigenvalue weighted by Gasteiger charge is -2.31. The summed E-state index contributed by atoms with van der Waals surface area (Å²) in [7, 11) is -3.58. The Kier molecular flexibility index (Phi) is 5.12. The molecule has 2 aromatic carbocycles. The van der Waals surface area contributed by atoms with Crippen molar-refractivity contribution in [1.29, 1.82) is 0 Å². The van der Waals surface area contributed by atoms with Crippen molar-refractivity contribution >= 4 is 21.1 Å². The summed E-state index contributed by atoms with van der Waals surface area (Å²) < 4.78 is 68.5. The zero-order chi connectivity index (χ0) is 20.6. The molecule has 1 aliphatic rings. The topological polar surface area (TPSA) is 55.2 Å². The maximum atomic E-state index is 13.5. The predicted octanol–water partition coefficient (Wildman–Crippen LogP) is 4.16. The van der Waals surface area contributed by atoms with E-state index in [2.05, 4.69) is 4.98 Å². The van der Waals surface area contributed by atoms with Crippen LogP contribution in [0.4, 0.5) is 13.2 Å². The Balaban J connectivity index is 1.52. The molecule has 154 valence electrons. The van der Waals surface area contributed by atoms with Gasteiger partial charge in [0.25, 0.3) is 0 Å². The van der Waals surface area contributed by atoms with Crippen molar-refractivity contribution in [3.05, 3.63) is 60.4 Å². The zero-order valence-corrected chi connectivity index (χ0v) is 16.3. The fourth-order valence-electron chi connectivity index (χ4n) is 3.81. The van der Waals surface area contributed by atoms with Gasteiger partial charge in [-0.2, -0.15) is 17.5 Å². The molecule has 4 rings (SSSR count). The van der Waals surface area contributed by atoms with Gasteiger partial charge in [-0.05, 0) is 43.0 Å². The molecule has 3 aromatic rings. The Hall–Kier alpha value is -2.39. The van der Waals surface area contributed by atoms with Gasteiger partial charge in [-0.3, -0.25) is 0 Å². The highest BCUT2D eigenvalue weighted by Gasteiger charge is 2.38. The Labute approximate surface area is 166 Å². The van der Waals surface area contributed by atoms with Crippen LogP contribution in [0.15, 0.2) is 59.5 Å². The monoisotopic (exact) mass is 423 g/mol. The second-order valence-electron chi connectivity index (χ2n) is 7.19. The second-order valence-corrected chi connectivity index (χ2v) is 9.13. The number of imidazole rings is 1. The normalized spacial score (nSPS) is 17.1. The van der Waals surface area contributed by atoms with Crippen molar-refractivity contribution in [3.63, 3.8) is 0 Å². The number of alkyl halides is 3. The number of hydrogen-bond acceptors (Lipinski definition) is 3. The third-order valence-corrected chi connectivity index (χ3v) is 7.22. The van der Waals surface area contributed by atoms with Gasteiger partial charge in [-0.15, -0.1) is 0 Å². The Morgan fingerprint density at radius 1 is 0.966 bits per heavy atom. The van der Waals surface area contributed by atoms with Crippen LogP contribution >= 0.6 is 0 Å². The molecular weight excluding hydrogens is 403 g/mol. The minimum atomic E-state index is -4.55. The second kappa shape index (κ2) is 7.46. The highest BCUT2D eigenvalue weighted by molar-refractivity contribution is 7.89. The number of sulfonamides is 1. The summed E-state index contributed by atoms with van der Waals surface area (Å²) in [4.78, 5) is 4.01. The molecule has 1 saturated heterocycles. The van der Waals surface area contributed by atoms with Gasteiger partial charge >= 0.3 is 6.18 Å². The molecule has 0 spiro atoms. The van der Waals surface area contributed by atoms with Gasteiger partial charge in [-0.25, -0.2) is 13.4 Å². The molecule has 1 aromatic heterocycles. The summed E-state index contributed by atoms with van der Waals surface area (Å²) >= 11 is 0. The fourth-order valence-corrected chi connectivity index (χ4v) is 5.30. The summed E-state index contributed by atoms with van der Waals surface area (Å²) in [6.45, 7) is 0.736. The van der Waals surface area contributed by atoms with E-state index in [0.717, 1.165) is 0 Å². The van der Waals surface area contributed by atoms with E-state index in [0.29, 0.717) is 23.9 Å². The largest absolute Gasteiger partial charge is 0.449 e. The van der Waals surface area contributed by atoms with Crippen LogP contribution in [0.3, 0.4) is 0 Å². The molecular formula is C20H20F3N3O2S. The molecule has 0 unspecified atom stereocenters. The molecule has 0 saturated carbocycles. The first-order valence-corrected chi connectivity index (χ1v) is 10.8. The molecule has 0 atom stereocenters. The Morgan fingerprint density at radius 2 is 1.59 bits per heavy atom. The summed E-state index contributed by atoms with van der Waals surface area (Å²) in [5.74, 6) is -0.964. The third-order valence-electron chi connectivity index (χ3n) is 5.30. The van der Waals surface area contributed by atoms with E-state index in [1.165, 1.54) is 8.87 Å². The lowest BCUT2D eigenvalue weighted by molar-refractivity contribution is -0.147. The molecule has 0 N–H and O–H groups in total. The molecule has 1 aliphatic heterocycles. The van der Waals surface area contributed by atoms with Crippen LogP contribution in [0.25, 0.3) is 11.0 Å². The summed E-state index contributed by atoms with van der Waals surface area (Å²) in [5, 5.41) is 0. The van der Waals surface area contributed by atoms with Crippen LogP contribution in [-0.4, -0.2) is 35.4 Å². The van der Waals surface area contributed by atoms with Crippen LogP contribution in [-0.2, 0) is 22.7 Å². The SMILES string of the molecule is O=S(=O)(c1ccccc1)N1CCC(Cn2c(C(F)(F)F)nc3ccccc32)CC1. The molecule has 0 bridgehead atoms. The van der Waals surface area contributed by atoms with E-state index in [-0.39, 0.29) is 30.4 Å². The predicted molar refractivity (Wildman–Crippen MR) is 103 cm³/mol. The minimum absolute atomic E-state index is 0.0593. The number of halogens is 3. The van der Waals surface area contributed by atoms with E-state index in [9.17, 15) is 21.6 Å². The van der Waals surface area contributed by atoms with Gasteiger partial charge in [0, 0.05) is 19.6 Å². The number of nitrogens with zero attached hydrogens (tertiary/aromatic N) is 3. The molecule has 29 heavy (non-hydrogen) atoms. The molecule has 1 fully saturated rings. The standard InChI is InChI=1S/C20H20F3N3O2S/c21-20(22,23)19-24-17-8-4-5-9-18(17)26(19)14-15-10-12-25(13-11-15)29(27,28)16-6-2-1-3-7-16/h1-9,15H,10-14H2. The molecule has 9 heteroatoms. The van der Waals surface area contributed by atoms with Crippen molar-refractivity contribution in [2.45, 2.75) is 30.5 Å². The van der Waals surface area contributed by atoms with Gasteiger partial charge < -0.3 is 4.57 Å². The van der Waals surface area contributed by atoms with Gasteiger partial charge in [0.15, 0.2) is 0 Å². The van der Waals surface area contributed by atoms with Crippen molar-refractivity contribution in [2.24, 2.45) is 5.92 Å². The smallest absolute Gasteiger partial charge is 0.320 e. The molecule has 0 aliphatic carbocycles. The van der Waals surface area contributed by atoms with E-state index in [1.807, 2.05) is 0 Å². The summed E-state index contributed by atoms with van der Waals surface area (Å²) in [5.41, 5.74) is 0.753. The van der Waals surface area contributed by atoms with Crippen LogP contribution in [0.2, 0.25) is 0 Å². The lowest BCUT2D eigenvalue weighted by Crippen LogP contribution is -2.39. The van der Waals surface area contributed by atoms with Gasteiger partial charge in [0.1, 0.15) is 0 Å². The minimum Gasteiger partial charge on any atom is -0.320 e. The Bertz CT molecular complexity index is 1100. The molecule has 2 heterocycles. The molecule has 0 radical (unpaired) electrons. The zero-order valence-electron chi connectivity index (χ0n) is 15.5. The summed E-state index contributed by atoms with van der Waals surface area (Å²) in [6.07, 6.45) is -3.55. The van der Waals surface area contributed by atoms with Crippen LogP contribution in [0.1, 0.15) is 18.7 Å². The van der Waals surface area contributed by atoms with E-state index < -0.39 is 22.0 Å². The van der Waals surface area contributed by atoms with Gasteiger partial charge in [-0.1, -0.05) is 30.3 Å². The molecule has 5 nitrogen and oxygen atoms in total. The van der Waals surface area contributed by atoms with Crippen molar-refractivity contribution < 1.29 is 21.6 Å². The summed E-state index contributed by atoms with van der Waals surface area (Å²) in [6, 6.07) is 14.7. The fraction of sp³-hybridized carbons (Fsp3) is 0.350. The maximum absolute atomic E-state index is 13.5. The number of rotatable bonds is 4. The average Bonchev–Trinajstić information content (AvgIpc) is 3.08. The van der Waals surface area contributed by atoms with E-state index >= 15 is 0 Å². The van der Waals surface area contributed by atoms with E-state index in [1.54, 1.807) is 54.6 Å². The number of piperidine rings is 1. The number of aromatic nitrogens is 2. The van der Waals surface area contributed by atoms with Gasteiger partial charge in [0.05, 0.1) is 15.9 Å². The average molecular weight is 423 g/mol. The Morgan fingerprint density at radius 3 is 2.24 bits per heavy atom. The van der Waals surface area contributed by atoms with Crippen molar-refractivity contribution in [2.75, 3.05) is 13.1 Å². The number of para-hydroxylation sites is 2. The van der Waals surface area contributed by atoms with Crippen molar-refractivity contribution in [3.8, 4) is 0 Å². The lowest BCUT2D eigenvalue weighted by atomic mass is 9.98. The highest BCUT2D eigenvalue weighted by Crippen LogP contribution is 2.33. The van der Waals surface area contributed by atoms with Crippen LogP contribution in [0, 0.1) is 5.92 Å². The van der Waals surface area contributed by atoms with E-state index in [4.69, 9.17) is 0 Å². The first kappa shape index (κ1) is 19.9. The number of fused-ring (bicyclic) bond motifs is 1. The third kappa shape index (κ3) is 3.89. The molecule has 0 amide bonds. The van der Waals surface area contributed by atoms with Crippen LogP contribution in [0.5, 0.6) is 0 Å².